The first-order valence-electron chi connectivity index (χ1n) is 4.86. The van der Waals surface area contributed by atoms with Gasteiger partial charge in [-0.25, -0.2) is 9.37 Å². The van der Waals surface area contributed by atoms with Gasteiger partial charge in [-0.05, 0) is 40.5 Å². The third kappa shape index (κ3) is 2.28. The molecule has 0 bridgehead atoms. The van der Waals surface area contributed by atoms with E-state index in [2.05, 4.69) is 20.9 Å². The van der Waals surface area contributed by atoms with Crippen LogP contribution in [0.4, 0.5) is 10.2 Å². The van der Waals surface area contributed by atoms with Gasteiger partial charge < -0.3 is 5.73 Å². The minimum absolute atomic E-state index is 0.0448. The number of nitrogens with two attached hydrogens (primary N) is 1. The monoisotopic (exact) mass is 314 g/mol. The van der Waals surface area contributed by atoms with Gasteiger partial charge in [0.2, 0.25) is 0 Å². The van der Waals surface area contributed by atoms with Crippen LogP contribution in [0.3, 0.4) is 0 Å². The van der Waals surface area contributed by atoms with Gasteiger partial charge in [0.1, 0.15) is 5.82 Å². The molecule has 0 unspecified atom stereocenters. The van der Waals surface area contributed by atoms with E-state index in [1.807, 2.05) is 6.92 Å². The standard InChI is InChI=1S/C12H9BrClFN2/c1-6-4-8(12(16)17-5-6)7-2-3-9(13)10(14)11(7)15/h2-5H,1H3,(H2,16,17). The molecule has 0 radical (unpaired) electrons. The maximum atomic E-state index is 14.0. The molecule has 0 aliphatic heterocycles. The highest BCUT2D eigenvalue weighted by Gasteiger charge is 2.14. The molecule has 1 aromatic heterocycles. The van der Waals surface area contributed by atoms with Crippen LogP contribution in [0.1, 0.15) is 5.56 Å². The third-order valence-electron chi connectivity index (χ3n) is 2.38. The highest BCUT2D eigenvalue weighted by Crippen LogP contribution is 2.34. The number of nitrogens with zero attached hydrogens (tertiary/aromatic N) is 1. The van der Waals surface area contributed by atoms with Crippen LogP contribution in [0.5, 0.6) is 0 Å². The van der Waals surface area contributed by atoms with E-state index in [-0.39, 0.29) is 10.8 Å². The molecular formula is C12H9BrClFN2. The third-order valence-corrected chi connectivity index (χ3v) is 3.64. The summed E-state index contributed by atoms with van der Waals surface area (Å²) in [5.74, 6) is -0.215. The number of nitrogen functional groups attached to an aromatic ring is 1. The van der Waals surface area contributed by atoms with Gasteiger partial charge in [-0.3, -0.25) is 0 Å². The van der Waals surface area contributed by atoms with Gasteiger partial charge in [-0.1, -0.05) is 17.7 Å². The summed E-state index contributed by atoms with van der Waals surface area (Å²) in [5, 5.41) is 0.0448. The fourth-order valence-corrected chi connectivity index (χ4v) is 2.00. The van der Waals surface area contributed by atoms with E-state index < -0.39 is 5.82 Å². The zero-order valence-electron chi connectivity index (χ0n) is 8.97. The molecule has 2 N–H and O–H groups in total. The van der Waals surface area contributed by atoms with Crippen molar-refractivity contribution in [3.8, 4) is 11.1 Å². The Balaban J connectivity index is 2.69. The lowest BCUT2D eigenvalue weighted by Crippen LogP contribution is -1.97. The molecule has 88 valence electrons. The molecule has 0 amide bonds. The van der Waals surface area contributed by atoms with Crippen molar-refractivity contribution in [3.63, 3.8) is 0 Å². The fraction of sp³-hybridized carbons (Fsp3) is 0.0833. The summed E-state index contributed by atoms with van der Waals surface area (Å²) in [6.07, 6.45) is 1.64. The highest BCUT2D eigenvalue weighted by atomic mass is 79.9. The van der Waals surface area contributed by atoms with Crippen LogP contribution in [0.15, 0.2) is 28.9 Å². The number of halogens is 3. The molecule has 5 heteroatoms. The molecule has 1 heterocycles. The molecule has 0 atom stereocenters. The first-order valence-corrected chi connectivity index (χ1v) is 6.04. The molecule has 0 saturated carbocycles. The van der Waals surface area contributed by atoms with Crippen molar-refractivity contribution in [1.29, 1.82) is 0 Å². The van der Waals surface area contributed by atoms with E-state index in [4.69, 9.17) is 17.3 Å². The van der Waals surface area contributed by atoms with E-state index in [0.29, 0.717) is 15.6 Å². The van der Waals surface area contributed by atoms with Gasteiger partial charge in [-0.15, -0.1) is 0 Å². The summed E-state index contributed by atoms with van der Waals surface area (Å²) in [5.41, 5.74) is 7.56. The number of rotatable bonds is 1. The molecule has 1 aromatic carbocycles. The van der Waals surface area contributed by atoms with Gasteiger partial charge >= 0.3 is 0 Å². The number of aromatic nitrogens is 1. The molecule has 0 saturated heterocycles. The maximum Gasteiger partial charge on any atom is 0.150 e. The zero-order valence-corrected chi connectivity index (χ0v) is 11.3. The predicted octanol–water partition coefficient (Wildman–Crippen LogP) is 4.19. The topological polar surface area (TPSA) is 38.9 Å². The lowest BCUT2D eigenvalue weighted by molar-refractivity contribution is 0.631. The second-order valence-corrected chi connectivity index (χ2v) is 4.90. The highest BCUT2D eigenvalue weighted by molar-refractivity contribution is 9.10. The Kier molecular flexibility index (Phi) is 3.35. The van der Waals surface area contributed by atoms with Gasteiger partial charge in [0, 0.05) is 21.8 Å². The summed E-state index contributed by atoms with van der Waals surface area (Å²) in [6.45, 7) is 1.87. The first kappa shape index (κ1) is 12.3. The summed E-state index contributed by atoms with van der Waals surface area (Å²) in [6, 6.07) is 5.09. The van der Waals surface area contributed by atoms with E-state index in [9.17, 15) is 4.39 Å². The Morgan fingerprint density at radius 1 is 1.35 bits per heavy atom. The Labute approximate surface area is 112 Å². The van der Waals surface area contributed by atoms with Crippen molar-refractivity contribution in [2.24, 2.45) is 0 Å². The SMILES string of the molecule is Cc1cnc(N)c(-c2ccc(Br)c(Cl)c2F)c1. The summed E-state index contributed by atoms with van der Waals surface area (Å²) >= 11 is 9.01. The summed E-state index contributed by atoms with van der Waals surface area (Å²) in [4.78, 5) is 4.00. The predicted molar refractivity (Wildman–Crippen MR) is 71.5 cm³/mol. The smallest absolute Gasteiger partial charge is 0.150 e. The fourth-order valence-electron chi connectivity index (χ4n) is 1.53. The molecule has 17 heavy (non-hydrogen) atoms. The van der Waals surface area contributed by atoms with Gasteiger partial charge in [0.15, 0.2) is 5.82 Å². The molecule has 2 nitrogen and oxygen atoms in total. The average Bonchev–Trinajstić information content (AvgIpc) is 2.30. The molecule has 0 spiro atoms. The van der Waals surface area contributed by atoms with E-state index >= 15 is 0 Å². The first-order chi connectivity index (χ1) is 8.00. The lowest BCUT2D eigenvalue weighted by atomic mass is 10.0. The van der Waals surface area contributed by atoms with Crippen molar-refractivity contribution >= 4 is 33.3 Å². The zero-order chi connectivity index (χ0) is 12.6. The number of pyridine rings is 1. The van der Waals surface area contributed by atoms with E-state index in [1.54, 1.807) is 24.4 Å². The summed E-state index contributed by atoms with van der Waals surface area (Å²) < 4.78 is 14.5. The number of anilines is 1. The van der Waals surface area contributed by atoms with Crippen molar-refractivity contribution in [2.45, 2.75) is 6.92 Å². The minimum atomic E-state index is -0.500. The van der Waals surface area contributed by atoms with Crippen LogP contribution in [-0.4, -0.2) is 4.98 Å². The van der Waals surface area contributed by atoms with Crippen molar-refractivity contribution in [2.75, 3.05) is 5.73 Å². The van der Waals surface area contributed by atoms with Gasteiger partial charge in [-0.2, -0.15) is 0 Å². The molecular weight excluding hydrogens is 307 g/mol. The number of hydrogen-bond donors (Lipinski definition) is 1. The molecule has 0 fully saturated rings. The molecule has 2 rings (SSSR count). The number of benzene rings is 1. The van der Waals surface area contributed by atoms with Crippen molar-refractivity contribution in [3.05, 3.63) is 45.3 Å². The quantitative estimate of drug-likeness (QED) is 0.801. The Hall–Kier alpha value is -1.13. The Morgan fingerprint density at radius 3 is 2.76 bits per heavy atom. The van der Waals surface area contributed by atoms with Gasteiger partial charge in [0.25, 0.3) is 0 Å². The molecule has 0 aliphatic rings. The minimum Gasteiger partial charge on any atom is -0.383 e. The van der Waals surface area contributed by atoms with E-state index in [0.717, 1.165) is 5.56 Å². The van der Waals surface area contributed by atoms with Crippen LogP contribution in [0.2, 0.25) is 5.02 Å². The lowest BCUT2D eigenvalue weighted by Gasteiger charge is -2.09. The molecule has 0 aliphatic carbocycles. The second-order valence-electron chi connectivity index (χ2n) is 3.67. The van der Waals surface area contributed by atoms with Crippen LogP contribution in [0.25, 0.3) is 11.1 Å². The van der Waals surface area contributed by atoms with E-state index in [1.165, 1.54) is 0 Å². The Morgan fingerprint density at radius 2 is 2.06 bits per heavy atom. The largest absolute Gasteiger partial charge is 0.383 e. The number of hydrogen-bond acceptors (Lipinski definition) is 2. The average molecular weight is 316 g/mol. The summed E-state index contributed by atoms with van der Waals surface area (Å²) in [7, 11) is 0. The van der Waals surface area contributed by atoms with Crippen LogP contribution >= 0.6 is 27.5 Å². The normalized spacial score (nSPS) is 10.6. The van der Waals surface area contributed by atoms with Crippen molar-refractivity contribution < 1.29 is 4.39 Å². The second kappa shape index (κ2) is 4.63. The Bertz CT molecular complexity index is 587. The van der Waals surface area contributed by atoms with Gasteiger partial charge in [0.05, 0.1) is 5.02 Å². The molecule has 2 aromatic rings. The van der Waals surface area contributed by atoms with Crippen LogP contribution < -0.4 is 5.73 Å². The van der Waals surface area contributed by atoms with Crippen LogP contribution in [-0.2, 0) is 0 Å². The van der Waals surface area contributed by atoms with Crippen LogP contribution in [0, 0.1) is 12.7 Å². The number of aryl methyl sites for hydroxylation is 1. The maximum absolute atomic E-state index is 14.0. The van der Waals surface area contributed by atoms with Crippen molar-refractivity contribution in [1.82, 2.24) is 4.98 Å².